The Balaban J connectivity index is 2.06. The monoisotopic (exact) mass is 245 g/mol. The molecular weight excluding hydrogens is 238 g/mol. The minimum absolute atomic E-state index is 0.427. The van der Waals surface area contributed by atoms with Gasteiger partial charge in [-0.15, -0.1) is 14.8 Å². The predicted molar refractivity (Wildman–Crippen MR) is 59.7 cm³/mol. The molecular formula is C10H7N5OS. The van der Waals surface area contributed by atoms with Gasteiger partial charge in [-0.05, 0) is 34.7 Å². The van der Waals surface area contributed by atoms with Crippen molar-refractivity contribution in [2.24, 2.45) is 0 Å². The van der Waals surface area contributed by atoms with E-state index in [0.29, 0.717) is 15.6 Å². The molecule has 3 aromatic rings. The Bertz CT molecular complexity index is 681. The van der Waals surface area contributed by atoms with Crippen molar-refractivity contribution in [1.82, 2.24) is 25.3 Å². The second-order valence-electron chi connectivity index (χ2n) is 3.28. The third-order valence-corrected chi connectivity index (χ3v) is 3.49. The van der Waals surface area contributed by atoms with Crippen LogP contribution in [0.15, 0.2) is 52.4 Å². The Morgan fingerprint density at radius 2 is 1.88 bits per heavy atom. The molecule has 0 saturated carbocycles. The molecule has 1 aromatic carbocycles. The van der Waals surface area contributed by atoms with E-state index in [2.05, 4.69) is 20.6 Å². The maximum atomic E-state index is 12.2. The molecule has 1 atom stereocenters. The van der Waals surface area contributed by atoms with E-state index < -0.39 is 10.8 Å². The minimum atomic E-state index is -1.31. The Hall–Kier alpha value is -2.15. The first-order valence-corrected chi connectivity index (χ1v) is 6.02. The molecule has 0 fully saturated rings. The summed E-state index contributed by atoms with van der Waals surface area (Å²) >= 11 is 0. The third-order valence-electron chi connectivity index (χ3n) is 2.19. The molecule has 0 spiro atoms. The van der Waals surface area contributed by atoms with Crippen molar-refractivity contribution in [2.75, 3.05) is 0 Å². The zero-order valence-corrected chi connectivity index (χ0v) is 9.41. The van der Waals surface area contributed by atoms with Gasteiger partial charge in [0.05, 0.1) is 0 Å². The molecule has 0 radical (unpaired) electrons. The van der Waals surface area contributed by atoms with Crippen LogP contribution in [0.4, 0.5) is 0 Å². The Morgan fingerprint density at radius 1 is 1.06 bits per heavy atom. The van der Waals surface area contributed by atoms with Gasteiger partial charge >= 0.3 is 0 Å². The van der Waals surface area contributed by atoms with E-state index in [1.54, 1.807) is 24.3 Å². The number of benzene rings is 1. The third kappa shape index (κ3) is 1.80. The molecule has 6 nitrogen and oxygen atoms in total. The van der Waals surface area contributed by atoms with E-state index in [4.69, 9.17) is 0 Å². The van der Waals surface area contributed by atoms with E-state index in [1.165, 1.54) is 4.63 Å². The zero-order chi connectivity index (χ0) is 11.7. The number of aromatic nitrogens is 5. The summed E-state index contributed by atoms with van der Waals surface area (Å²) in [6, 6.07) is 12.5. The van der Waals surface area contributed by atoms with Crippen LogP contribution in [-0.4, -0.2) is 29.5 Å². The molecule has 0 N–H and O–H groups in total. The van der Waals surface area contributed by atoms with Gasteiger partial charge in [-0.2, -0.15) is 0 Å². The SMILES string of the molecule is O=[S@@](c1ccccc1)c1ccc2nnnn2n1. The summed E-state index contributed by atoms with van der Waals surface area (Å²) < 4.78 is 13.4. The van der Waals surface area contributed by atoms with Crippen LogP contribution in [0.25, 0.3) is 5.65 Å². The fourth-order valence-electron chi connectivity index (χ4n) is 1.40. The van der Waals surface area contributed by atoms with Crippen molar-refractivity contribution in [2.45, 2.75) is 9.92 Å². The molecule has 7 heteroatoms. The van der Waals surface area contributed by atoms with Crippen LogP contribution in [0.5, 0.6) is 0 Å². The topological polar surface area (TPSA) is 73.0 Å². The lowest BCUT2D eigenvalue weighted by atomic mass is 10.4. The highest BCUT2D eigenvalue weighted by Gasteiger charge is 2.09. The maximum absolute atomic E-state index is 12.2. The molecule has 0 saturated heterocycles. The molecule has 0 bridgehead atoms. The highest BCUT2D eigenvalue weighted by molar-refractivity contribution is 7.85. The second kappa shape index (κ2) is 4.02. The van der Waals surface area contributed by atoms with Crippen molar-refractivity contribution in [1.29, 1.82) is 0 Å². The van der Waals surface area contributed by atoms with Crippen LogP contribution in [0.1, 0.15) is 0 Å². The van der Waals surface area contributed by atoms with Crippen LogP contribution >= 0.6 is 0 Å². The summed E-state index contributed by atoms with van der Waals surface area (Å²) in [5.41, 5.74) is 0.527. The van der Waals surface area contributed by atoms with E-state index >= 15 is 0 Å². The number of fused-ring (bicyclic) bond motifs is 1. The lowest BCUT2D eigenvalue weighted by Gasteiger charge is -2.00. The summed E-state index contributed by atoms with van der Waals surface area (Å²) in [7, 11) is -1.31. The normalized spacial score (nSPS) is 12.7. The van der Waals surface area contributed by atoms with E-state index in [1.807, 2.05) is 18.2 Å². The average Bonchev–Trinajstić information content (AvgIpc) is 2.86. The van der Waals surface area contributed by atoms with Crippen molar-refractivity contribution in [3.05, 3.63) is 42.5 Å². The molecule has 0 aliphatic heterocycles. The molecule has 0 aliphatic rings. The molecule has 0 amide bonds. The molecule has 0 aliphatic carbocycles. The molecule has 2 heterocycles. The fourth-order valence-corrected chi connectivity index (χ4v) is 2.39. The standard InChI is InChI=1S/C10H7N5OS/c16-17(8-4-2-1-3-5-8)10-7-6-9-11-13-14-15(9)12-10/h1-7H/t17-/m0/s1. The molecule has 2 aromatic heterocycles. The van der Waals surface area contributed by atoms with Crippen molar-refractivity contribution >= 4 is 16.4 Å². The lowest BCUT2D eigenvalue weighted by Crippen LogP contribution is -2.02. The summed E-state index contributed by atoms with van der Waals surface area (Å²) in [5, 5.41) is 15.4. The Morgan fingerprint density at radius 3 is 2.71 bits per heavy atom. The highest BCUT2D eigenvalue weighted by Crippen LogP contribution is 2.13. The first kappa shape index (κ1) is 10.0. The number of tetrazole rings is 1. The van der Waals surface area contributed by atoms with Gasteiger partial charge < -0.3 is 0 Å². The van der Waals surface area contributed by atoms with E-state index in [9.17, 15) is 4.21 Å². The highest BCUT2D eigenvalue weighted by atomic mass is 32.2. The summed E-state index contributed by atoms with van der Waals surface area (Å²) in [6.07, 6.45) is 0. The van der Waals surface area contributed by atoms with Gasteiger partial charge in [0, 0.05) is 4.90 Å². The smallest absolute Gasteiger partial charge is 0.200 e. The Labute approximate surface area is 98.7 Å². The predicted octanol–water partition coefficient (Wildman–Crippen LogP) is 0.686. The fraction of sp³-hybridized carbons (Fsp3) is 0. The zero-order valence-electron chi connectivity index (χ0n) is 8.59. The lowest BCUT2D eigenvalue weighted by molar-refractivity contribution is 0.663. The van der Waals surface area contributed by atoms with Crippen LogP contribution in [-0.2, 0) is 10.8 Å². The van der Waals surface area contributed by atoms with Crippen LogP contribution in [0, 0.1) is 0 Å². The van der Waals surface area contributed by atoms with Crippen LogP contribution in [0.2, 0.25) is 0 Å². The average molecular weight is 245 g/mol. The number of nitrogens with zero attached hydrogens (tertiary/aromatic N) is 5. The Kier molecular flexibility index (Phi) is 2.37. The molecule has 17 heavy (non-hydrogen) atoms. The van der Waals surface area contributed by atoms with Gasteiger partial charge in [0.1, 0.15) is 10.8 Å². The first-order chi connectivity index (χ1) is 8.34. The van der Waals surface area contributed by atoms with Gasteiger partial charge in [-0.25, -0.2) is 4.21 Å². The first-order valence-electron chi connectivity index (χ1n) is 4.87. The van der Waals surface area contributed by atoms with Gasteiger partial charge in [0.15, 0.2) is 10.7 Å². The summed E-state index contributed by atoms with van der Waals surface area (Å²) in [6.45, 7) is 0. The van der Waals surface area contributed by atoms with Crippen molar-refractivity contribution in [3.63, 3.8) is 0 Å². The maximum Gasteiger partial charge on any atom is 0.200 e. The summed E-state index contributed by atoms with van der Waals surface area (Å²) in [5.74, 6) is 0. The van der Waals surface area contributed by atoms with Gasteiger partial charge in [0.2, 0.25) is 0 Å². The summed E-state index contributed by atoms with van der Waals surface area (Å²) in [4.78, 5) is 0.701. The van der Waals surface area contributed by atoms with Gasteiger partial charge in [-0.3, -0.25) is 0 Å². The van der Waals surface area contributed by atoms with E-state index in [-0.39, 0.29) is 0 Å². The minimum Gasteiger partial charge on any atom is -0.247 e. The van der Waals surface area contributed by atoms with E-state index in [0.717, 1.165) is 0 Å². The van der Waals surface area contributed by atoms with Gasteiger partial charge in [0.25, 0.3) is 0 Å². The quantitative estimate of drug-likeness (QED) is 0.664. The van der Waals surface area contributed by atoms with Crippen LogP contribution in [0.3, 0.4) is 0 Å². The largest absolute Gasteiger partial charge is 0.247 e. The van der Waals surface area contributed by atoms with Gasteiger partial charge in [-0.1, -0.05) is 18.2 Å². The van der Waals surface area contributed by atoms with Crippen molar-refractivity contribution in [3.8, 4) is 0 Å². The molecule has 0 unspecified atom stereocenters. The van der Waals surface area contributed by atoms with Crippen molar-refractivity contribution < 1.29 is 4.21 Å². The molecule has 3 rings (SSSR count). The molecule has 84 valence electrons. The number of rotatable bonds is 2. The van der Waals surface area contributed by atoms with Crippen LogP contribution < -0.4 is 0 Å². The number of hydrogen-bond acceptors (Lipinski definition) is 5. The second-order valence-corrected chi connectivity index (χ2v) is 4.71. The number of hydrogen-bond donors (Lipinski definition) is 0.